The van der Waals surface area contributed by atoms with E-state index in [2.05, 4.69) is 10.3 Å². The van der Waals surface area contributed by atoms with E-state index in [1.54, 1.807) is 24.6 Å². The average molecular weight is 480 g/mol. The first-order chi connectivity index (χ1) is 15.4. The fraction of sp³-hybridized carbons (Fsp3) is 0.591. The first-order valence-electron chi connectivity index (χ1n) is 11.1. The first kappa shape index (κ1) is 23.1. The summed E-state index contributed by atoms with van der Waals surface area (Å²) in [5, 5.41) is 4.62. The summed E-state index contributed by atoms with van der Waals surface area (Å²) in [4.78, 5) is 30.6. The van der Waals surface area contributed by atoms with Crippen molar-refractivity contribution in [1.29, 1.82) is 0 Å². The number of amides is 1. The molecule has 2 fully saturated rings. The Balaban J connectivity index is 1.67. The molecule has 1 atom stereocenters. The number of aromatic nitrogens is 2. The fourth-order valence-corrected chi connectivity index (χ4v) is 7.21. The van der Waals surface area contributed by atoms with Gasteiger partial charge in [-0.05, 0) is 51.0 Å². The van der Waals surface area contributed by atoms with Crippen LogP contribution >= 0.6 is 11.3 Å². The number of hydrogen-bond acceptors (Lipinski definition) is 7. The Bertz CT molecular complexity index is 1100. The third-order valence-corrected chi connectivity index (χ3v) is 9.41. The number of carbonyl (C=O) groups excluding carboxylic acids is 1. The van der Waals surface area contributed by atoms with Crippen LogP contribution in [0.2, 0.25) is 0 Å². The summed E-state index contributed by atoms with van der Waals surface area (Å²) in [5.41, 5.74) is 0.00772. The number of carbonyl (C=O) groups is 1. The van der Waals surface area contributed by atoms with E-state index < -0.39 is 26.7 Å². The lowest BCUT2D eigenvalue weighted by Gasteiger charge is -2.28. The van der Waals surface area contributed by atoms with Crippen molar-refractivity contribution < 1.29 is 17.9 Å². The molecular formula is C22H29N3O5S2. The maximum Gasteiger partial charge on any atom is 0.252 e. The maximum atomic E-state index is 13.2. The van der Waals surface area contributed by atoms with Gasteiger partial charge in [0.15, 0.2) is 15.0 Å². The first-order valence-corrected chi connectivity index (χ1v) is 13.5. The summed E-state index contributed by atoms with van der Waals surface area (Å²) in [5.74, 6) is -0.0768. The molecule has 0 radical (unpaired) electrons. The number of hydrogen-bond donors (Lipinski definition) is 1. The molecule has 2 aliphatic rings. The van der Waals surface area contributed by atoms with Gasteiger partial charge in [-0.1, -0.05) is 12.8 Å². The lowest BCUT2D eigenvalue weighted by atomic mass is 9.91. The maximum absolute atomic E-state index is 13.2. The average Bonchev–Trinajstić information content (AvgIpc) is 3.48. The van der Waals surface area contributed by atoms with Crippen LogP contribution in [0, 0.1) is 12.8 Å². The van der Waals surface area contributed by atoms with Crippen LogP contribution < -0.4 is 10.9 Å². The van der Waals surface area contributed by atoms with Crippen LogP contribution in [0.25, 0.3) is 0 Å². The number of sulfone groups is 1. The Morgan fingerprint density at radius 3 is 2.59 bits per heavy atom. The van der Waals surface area contributed by atoms with E-state index in [0.29, 0.717) is 43.3 Å². The van der Waals surface area contributed by atoms with Gasteiger partial charge in [-0.15, -0.1) is 11.3 Å². The third kappa shape index (κ3) is 4.97. The number of thiazole rings is 1. The van der Waals surface area contributed by atoms with Gasteiger partial charge in [-0.25, -0.2) is 13.4 Å². The predicted molar refractivity (Wildman–Crippen MR) is 123 cm³/mol. The third-order valence-electron chi connectivity index (χ3n) is 6.48. The minimum Gasteiger partial charge on any atom is -0.381 e. The number of anilines is 1. The number of rotatable bonds is 7. The molecule has 8 nitrogen and oxygen atoms in total. The molecule has 1 saturated heterocycles. The molecule has 1 amide bonds. The Morgan fingerprint density at radius 1 is 1.25 bits per heavy atom. The van der Waals surface area contributed by atoms with Crippen molar-refractivity contribution in [3.8, 4) is 0 Å². The van der Waals surface area contributed by atoms with Gasteiger partial charge in [-0.3, -0.25) is 9.59 Å². The Kier molecular flexibility index (Phi) is 7.11. The lowest BCUT2D eigenvalue weighted by Crippen LogP contribution is -2.37. The molecule has 4 rings (SSSR count). The molecule has 1 aliphatic carbocycles. The molecule has 2 aromatic rings. The van der Waals surface area contributed by atoms with Gasteiger partial charge < -0.3 is 14.6 Å². The number of pyridine rings is 1. The topological polar surface area (TPSA) is 107 Å². The zero-order valence-electron chi connectivity index (χ0n) is 18.2. The van der Waals surface area contributed by atoms with E-state index in [-0.39, 0.29) is 16.7 Å². The zero-order valence-corrected chi connectivity index (χ0v) is 19.8. The van der Waals surface area contributed by atoms with Gasteiger partial charge in [0.2, 0.25) is 5.91 Å². The van der Waals surface area contributed by atoms with Crippen LogP contribution in [0.4, 0.5) is 5.13 Å². The molecular weight excluding hydrogens is 450 g/mol. The SMILES string of the molecule is Cc1cc(S(=O)(=O)C2CCCC2)cc(=O)n1C(CC1CCOCC1)C(=O)Nc1nccs1. The van der Waals surface area contributed by atoms with Gasteiger partial charge in [0.25, 0.3) is 5.56 Å². The van der Waals surface area contributed by atoms with Crippen LogP contribution in [0.1, 0.15) is 56.7 Å². The minimum atomic E-state index is -3.55. The number of nitrogens with one attached hydrogen (secondary N) is 1. The molecule has 0 aromatic carbocycles. The van der Waals surface area contributed by atoms with E-state index in [1.807, 2.05) is 0 Å². The molecule has 10 heteroatoms. The quantitative estimate of drug-likeness (QED) is 0.653. The molecule has 1 aliphatic heterocycles. The molecule has 174 valence electrons. The number of nitrogens with zero attached hydrogens (tertiary/aromatic N) is 2. The zero-order chi connectivity index (χ0) is 22.7. The highest BCUT2D eigenvalue weighted by Crippen LogP contribution is 2.31. The standard InChI is InChI=1S/C22H29N3O5S2/c1-15-12-18(32(28,29)17-4-2-3-5-17)14-20(26)25(15)19(13-16-6-9-30-10-7-16)21(27)24-22-23-8-11-31-22/h8,11-12,14,16-17,19H,2-7,9-10,13H2,1H3,(H,23,24,27). The van der Waals surface area contributed by atoms with E-state index in [1.165, 1.54) is 22.0 Å². The van der Waals surface area contributed by atoms with Crippen molar-refractivity contribution in [2.24, 2.45) is 5.92 Å². The van der Waals surface area contributed by atoms with Gasteiger partial charge in [0.1, 0.15) is 6.04 Å². The van der Waals surface area contributed by atoms with Crippen molar-refractivity contribution >= 4 is 32.2 Å². The minimum absolute atomic E-state index is 0.0632. The highest BCUT2D eigenvalue weighted by atomic mass is 32.2. The highest BCUT2D eigenvalue weighted by Gasteiger charge is 2.33. The molecule has 1 saturated carbocycles. The van der Waals surface area contributed by atoms with Crippen molar-refractivity contribution in [1.82, 2.24) is 9.55 Å². The molecule has 2 aromatic heterocycles. The predicted octanol–water partition coefficient (Wildman–Crippen LogP) is 3.33. The second-order valence-corrected chi connectivity index (χ2v) is 11.7. The van der Waals surface area contributed by atoms with E-state index >= 15 is 0 Å². The molecule has 1 N–H and O–H groups in total. The molecule has 3 heterocycles. The lowest BCUT2D eigenvalue weighted by molar-refractivity contribution is -0.120. The smallest absolute Gasteiger partial charge is 0.252 e. The molecule has 32 heavy (non-hydrogen) atoms. The molecule has 0 bridgehead atoms. The van der Waals surface area contributed by atoms with Gasteiger partial charge in [0.05, 0.1) is 10.1 Å². The van der Waals surface area contributed by atoms with Crippen LogP contribution in [0.3, 0.4) is 0 Å². The number of aryl methyl sites for hydroxylation is 1. The van der Waals surface area contributed by atoms with Gasteiger partial charge >= 0.3 is 0 Å². The van der Waals surface area contributed by atoms with Crippen LogP contribution in [0.5, 0.6) is 0 Å². The fourth-order valence-electron chi connectivity index (χ4n) is 4.74. The molecule has 0 spiro atoms. The molecule has 1 unspecified atom stereocenters. The summed E-state index contributed by atoms with van der Waals surface area (Å²) in [6, 6.07) is 1.98. The monoisotopic (exact) mass is 479 g/mol. The van der Waals surface area contributed by atoms with Crippen molar-refractivity contribution in [2.75, 3.05) is 18.5 Å². The van der Waals surface area contributed by atoms with E-state index in [0.717, 1.165) is 25.7 Å². The second kappa shape index (κ2) is 9.84. The summed E-state index contributed by atoms with van der Waals surface area (Å²) >= 11 is 1.31. The van der Waals surface area contributed by atoms with E-state index in [9.17, 15) is 18.0 Å². The van der Waals surface area contributed by atoms with Gasteiger partial charge in [0, 0.05) is 36.6 Å². The normalized spacial score (nSPS) is 19.2. The summed E-state index contributed by atoms with van der Waals surface area (Å²) in [6.07, 6.45) is 6.78. The van der Waals surface area contributed by atoms with Gasteiger partial charge in [-0.2, -0.15) is 0 Å². The Morgan fingerprint density at radius 2 is 1.97 bits per heavy atom. The van der Waals surface area contributed by atoms with Crippen LogP contribution in [-0.4, -0.2) is 42.3 Å². The second-order valence-electron chi connectivity index (χ2n) is 8.63. The summed E-state index contributed by atoms with van der Waals surface area (Å²) in [7, 11) is -3.55. The van der Waals surface area contributed by atoms with Crippen molar-refractivity contribution in [3.05, 3.63) is 39.8 Å². The van der Waals surface area contributed by atoms with E-state index in [4.69, 9.17) is 4.74 Å². The van der Waals surface area contributed by atoms with Crippen molar-refractivity contribution in [3.63, 3.8) is 0 Å². The summed E-state index contributed by atoms with van der Waals surface area (Å²) < 4.78 is 32.9. The largest absolute Gasteiger partial charge is 0.381 e. The number of ether oxygens (including phenoxy) is 1. The highest BCUT2D eigenvalue weighted by molar-refractivity contribution is 7.92. The van der Waals surface area contributed by atoms with Crippen LogP contribution in [0.15, 0.2) is 33.4 Å². The Hall–Kier alpha value is -2.04. The van der Waals surface area contributed by atoms with Crippen LogP contribution in [-0.2, 0) is 19.4 Å². The summed E-state index contributed by atoms with van der Waals surface area (Å²) in [6.45, 7) is 2.97. The Labute approximate surface area is 191 Å². The van der Waals surface area contributed by atoms with Crippen molar-refractivity contribution in [2.45, 2.75) is 68.1 Å².